The molecule has 0 radical (unpaired) electrons. The van der Waals surface area contributed by atoms with Gasteiger partial charge in [-0.25, -0.2) is 0 Å². The fourth-order valence-electron chi connectivity index (χ4n) is 4.85. The molecule has 0 amide bonds. The highest BCUT2D eigenvalue weighted by Crippen LogP contribution is 2.53. The fraction of sp³-hybridized carbons (Fsp3) is 0.529. The van der Waals surface area contributed by atoms with E-state index in [1.165, 1.54) is 7.11 Å². The summed E-state index contributed by atoms with van der Waals surface area (Å²) < 4.78 is 15.8. The summed E-state index contributed by atoms with van der Waals surface area (Å²) in [5.41, 5.74) is 2.45. The second-order valence-electron chi connectivity index (χ2n) is 7.01. The Morgan fingerprint density at radius 1 is 1.25 bits per heavy atom. The first-order valence-electron chi connectivity index (χ1n) is 8.12. The summed E-state index contributed by atoms with van der Waals surface area (Å²) in [7, 11) is 1.47. The Morgan fingerprint density at radius 3 is 2.75 bits per heavy atom. The molecule has 0 bridgehead atoms. The van der Waals surface area contributed by atoms with Crippen LogP contribution in [0.3, 0.4) is 0 Å². The zero-order chi connectivity index (χ0) is 16.6. The monoisotopic (exact) mass is 333 g/mol. The van der Waals surface area contributed by atoms with E-state index in [-0.39, 0.29) is 6.79 Å². The Balaban J connectivity index is 1.70. The van der Waals surface area contributed by atoms with Gasteiger partial charge < -0.3 is 34.3 Å². The molecule has 7 nitrogen and oxygen atoms in total. The summed E-state index contributed by atoms with van der Waals surface area (Å²) in [4.78, 5) is 0. The topological polar surface area (TPSA) is 91.2 Å². The number of quaternary nitrogens is 1. The molecule has 0 spiro atoms. The maximum atomic E-state index is 13.4. The lowest BCUT2D eigenvalue weighted by molar-refractivity contribution is -0.907. The van der Waals surface area contributed by atoms with Crippen molar-refractivity contribution >= 4 is 0 Å². The standard InChI is InChI=1S/C17H19NO6/c1-22-17-15(19)9-2-3-18(21)6-8-4-11-12(24-7-23-11)5-10(8)13(14(9)18)16(17)20/h2,4-5,13-17,19-20H,3,6-7H2,1H3. The number of methoxy groups -OCH3 is 1. The molecule has 1 saturated carbocycles. The fourth-order valence-corrected chi connectivity index (χ4v) is 4.85. The molecule has 24 heavy (non-hydrogen) atoms. The Bertz CT molecular complexity index is 749. The minimum absolute atomic E-state index is 0.164. The van der Waals surface area contributed by atoms with Crippen LogP contribution >= 0.6 is 0 Å². The highest BCUT2D eigenvalue weighted by atomic mass is 16.7. The van der Waals surface area contributed by atoms with Crippen LogP contribution in [0.25, 0.3) is 0 Å². The van der Waals surface area contributed by atoms with E-state index >= 15 is 0 Å². The van der Waals surface area contributed by atoms with Gasteiger partial charge in [-0.15, -0.1) is 0 Å². The molecule has 3 aliphatic heterocycles. The number of aliphatic hydroxyl groups excluding tert-OH is 2. The molecule has 6 atom stereocenters. The van der Waals surface area contributed by atoms with Gasteiger partial charge in [0.2, 0.25) is 6.79 Å². The predicted octanol–water partition coefficient (Wildman–Crippen LogP) is 0.386. The normalized spacial score (nSPS) is 41.7. The van der Waals surface area contributed by atoms with Crippen LogP contribution in [-0.2, 0) is 11.3 Å². The van der Waals surface area contributed by atoms with E-state index in [1.807, 2.05) is 18.2 Å². The molecular weight excluding hydrogens is 314 g/mol. The van der Waals surface area contributed by atoms with Crippen LogP contribution in [0.5, 0.6) is 11.5 Å². The largest absolute Gasteiger partial charge is 0.632 e. The molecule has 5 rings (SSSR count). The van der Waals surface area contributed by atoms with E-state index in [2.05, 4.69) is 0 Å². The number of hydroxylamine groups is 3. The maximum Gasteiger partial charge on any atom is 0.231 e. The molecule has 1 fully saturated rings. The average Bonchev–Trinajstić information content (AvgIpc) is 3.13. The first kappa shape index (κ1) is 14.7. The van der Waals surface area contributed by atoms with Gasteiger partial charge in [-0.3, -0.25) is 0 Å². The molecule has 1 aromatic rings. The lowest BCUT2D eigenvalue weighted by Gasteiger charge is -2.56. The van der Waals surface area contributed by atoms with Crippen molar-refractivity contribution in [3.63, 3.8) is 0 Å². The number of fused-ring (bicyclic) bond motifs is 3. The van der Waals surface area contributed by atoms with Gasteiger partial charge in [0.15, 0.2) is 11.5 Å². The third-order valence-corrected chi connectivity index (χ3v) is 5.89. The van der Waals surface area contributed by atoms with Crippen molar-refractivity contribution in [2.75, 3.05) is 20.4 Å². The van der Waals surface area contributed by atoms with Crippen LogP contribution < -0.4 is 9.47 Å². The number of nitrogens with zero attached hydrogens (tertiary/aromatic N) is 1. The molecule has 7 heteroatoms. The number of hydrogen-bond acceptors (Lipinski definition) is 6. The molecule has 1 aromatic carbocycles. The Morgan fingerprint density at radius 2 is 2.00 bits per heavy atom. The Labute approximate surface area is 138 Å². The molecule has 128 valence electrons. The number of rotatable bonds is 1. The highest BCUT2D eigenvalue weighted by molar-refractivity contribution is 5.52. The van der Waals surface area contributed by atoms with Crippen molar-refractivity contribution in [3.05, 3.63) is 40.1 Å². The molecule has 2 N–H and O–H groups in total. The van der Waals surface area contributed by atoms with E-state index in [4.69, 9.17) is 14.2 Å². The van der Waals surface area contributed by atoms with Gasteiger partial charge in [0.05, 0.1) is 18.6 Å². The molecule has 0 saturated heterocycles. The van der Waals surface area contributed by atoms with Crippen molar-refractivity contribution in [1.29, 1.82) is 0 Å². The number of hydrogen-bond donors (Lipinski definition) is 2. The summed E-state index contributed by atoms with van der Waals surface area (Å²) in [6.45, 7) is 0.756. The SMILES string of the molecule is COC1C(O)C2=CC[N+]3([O-])Cc4cc5c(cc4C(C1O)C23)OCO5. The van der Waals surface area contributed by atoms with Gasteiger partial charge in [0, 0.05) is 18.2 Å². The zero-order valence-corrected chi connectivity index (χ0v) is 13.2. The lowest BCUT2D eigenvalue weighted by Crippen LogP contribution is -2.63. The first-order valence-corrected chi connectivity index (χ1v) is 8.12. The minimum Gasteiger partial charge on any atom is -0.632 e. The summed E-state index contributed by atoms with van der Waals surface area (Å²) >= 11 is 0. The summed E-state index contributed by atoms with van der Waals surface area (Å²) in [6, 6.07) is 3.24. The van der Waals surface area contributed by atoms with Crippen molar-refractivity contribution in [1.82, 2.24) is 0 Å². The minimum atomic E-state index is -0.962. The second kappa shape index (κ2) is 4.71. The summed E-state index contributed by atoms with van der Waals surface area (Å²) in [6.07, 6.45) is -0.841. The third-order valence-electron chi connectivity index (χ3n) is 5.89. The van der Waals surface area contributed by atoms with E-state index in [1.54, 1.807) is 0 Å². The van der Waals surface area contributed by atoms with Crippen LogP contribution in [0.1, 0.15) is 17.0 Å². The van der Waals surface area contributed by atoms with E-state index in [9.17, 15) is 15.4 Å². The maximum absolute atomic E-state index is 13.4. The van der Waals surface area contributed by atoms with Crippen LogP contribution in [0.4, 0.5) is 0 Å². The van der Waals surface area contributed by atoms with Gasteiger partial charge in [-0.2, -0.15) is 0 Å². The van der Waals surface area contributed by atoms with E-state index in [0.29, 0.717) is 30.2 Å². The Hall–Kier alpha value is -1.64. The molecule has 1 aliphatic carbocycles. The third kappa shape index (κ3) is 1.68. The number of aliphatic hydroxyl groups is 2. The smallest absolute Gasteiger partial charge is 0.231 e. The average molecular weight is 333 g/mol. The molecule has 3 heterocycles. The molecule has 0 aromatic heterocycles. The quantitative estimate of drug-likeness (QED) is 0.439. The van der Waals surface area contributed by atoms with E-state index < -0.39 is 34.9 Å². The predicted molar refractivity (Wildman–Crippen MR) is 82.2 cm³/mol. The first-order chi connectivity index (χ1) is 11.5. The van der Waals surface area contributed by atoms with Crippen molar-refractivity contribution in [2.45, 2.75) is 36.8 Å². The summed E-state index contributed by atoms with van der Waals surface area (Å²) in [5, 5.41) is 34.8. The van der Waals surface area contributed by atoms with Crippen molar-refractivity contribution < 1.29 is 29.1 Å². The van der Waals surface area contributed by atoms with Gasteiger partial charge in [0.1, 0.15) is 24.8 Å². The number of benzene rings is 1. The molecule has 4 aliphatic rings. The Kier molecular flexibility index (Phi) is 2.88. The zero-order valence-electron chi connectivity index (χ0n) is 13.2. The van der Waals surface area contributed by atoms with E-state index in [0.717, 1.165) is 11.1 Å². The molecular formula is C17H19NO6. The van der Waals surface area contributed by atoms with Gasteiger partial charge in [-0.05, 0) is 23.8 Å². The van der Waals surface area contributed by atoms with Crippen molar-refractivity contribution in [2.24, 2.45) is 0 Å². The van der Waals surface area contributed by atoms with Crippen LogP contribution in [0.2, 0.25) is 0 Å². The van der Waals surface area contributed by atoms with Gasteiger partial charge in [-0.1, -0.05) is 0 Å². The lowest BCUT2D eigenvalue weighted by atomic mass is 9.69. The van der Waals surface area contributed by atoms with Gasteiger partial charge >= 0.3 is 0 Å². The summed E-state index contributed by atoms with van der Waals surface area (Å²) in [5.74, 6) is 0.845. The van der Waals surface area contributed by atoms with Crippen molar-refractivity contribution in [3.8, 4) is 11.5 Å². The number of ether oxygens (including phenoxy) is 3. The van der Waals surface area contributed by atoms with Gasteiger partial charge in [0.25, 0.3) is 0 Å². The highest BCUT2D eigenvalue weighted by Gasteiger charge is 2.58. The van der Waals surface area contributed by atoms with Crippen LogP contribution in [0.15, 0.2) is 23.8 Å². The van der Waals surface area contributed by atoms with Crippen LogP contribution in [-0.4, -0.2) is 59.7 Å². The second-order valence-corrected chi connectivity index (χ2v) is 7.01. The molecule has 6 unspecified atom stereocenters. The van der Waals surface area contributed by atoms with Crippen LogP contribution in [0, 0.1) is 5.21 Å².